The highest BCUT2D eigenvalue weighted by atomic mass is 32.2. The molecule has 0 aliphatic rings. The Hall–Kier alpha value is -3.56. The third kappa shape index (κ3) is 7.47. The summed E-state index contributed by atoms with van der Waals surface area (Å²) >= 11 is 0. The van der Waals surface area contributed by atoms with E-state index in [9.17, 15) is 13.2 Å². The van der Waals surface area contributed by atoms with Gasteiger partial charge < -0.3 is 19.5 Å². The summed E-state index contributed by atoms with van der Waals surface area (Å²) in [6.45, 7) is 6.11. The maximum Gasteiger partial charge on any atom is 0.262 e. The van der Waals surface area contributed by atoms with Crippen LogP contribution in [-0.4, -0.2) is 41.7 Å². The maximum atomic E-state index is 12.7. The molecule has 8 nitrogen and oxygen atoms in total. The van der Waals surface area contributed by atoms with Gasteiger partial charge in [-0.1, -0.05) is 38.1 Å². The number of nitrogens with one attached hydrogen (secondary N) is 2. The molecule has 0 aromatic heterocycles. The van der Waals surface area contributed by atoms with Crippen molar-refractivity contribution in [3.8, 4) is 17.2 Å². The molecular weight excluding hydrogens is 492 g/mol. The SMILES string of the molecule is COc1ccc(CCNS(=O)(=O)c2ccc(OCC(=O)Nc3c(C)cccc3C(C)C)cc2)cc1OC. The number of para-hydroxylation sites is 1. The monoisotopic (exact) mass is 526 g/mol. The van der Waals surface area contributed by atoms with Gasteiger partial charge in [0, 0.05) is 12.2 Å². The van der Waals surface area contributed by atoms with E-state index in [1.165, 1.54) is 24.3 Å². The van der Waals surface area contributed by atoms with E-state index >= 15 is 0 Å². The number of methoxy groups -OCH3 is 2. The van der Waals surface area contributed by atoms with Crippen LogP contribution < -0.4 is 24.2 Å². The number of hydrogen-bond donors (Lipinski definition) is 2. The van der Waals surface area contributed by atoms with E-state index in [0.29, 0.717) is 23.7 Å². The topological polar surface area (TPSA) is 103 Å². The summed E-state index contributed by atoms with van der Waals surface area (Å²) in [5.74, 6) is 1.57. The average Bonchev–Trinajstić information content (AvgIpc) is 2.88. The van der Waals surface area contributed by atoms with Gasteiger partial charge in [-0.25, -0.2) is 13.1 Å². The molecule has 0 heterocycles. The molecule has 0 unspecified atom stereocenters. The molecule has 3 aromatic carbocycles. The van der Waals surface area contributed by atoms with Crippen molar-refractivity contribution in [1.29, 1.82) is 0 Å². The van der Waals surface area contributed by atoms with Gasteiger partial charge in [-0.15, -0.1) is 0 Å². The zero-order chi connectivity index (χ0) is 27.0. The zero-order valence-corrected chi connectivity index (χ0v) is 22.6. The number of benzene rings is 3. The molecule has 0 atom stereocenters. The highest BCUT2D eigenvalue weighted by molar-refractivity contribution is 7.89. The molecule has 3 aromatic rings. The van der Waals surface area contributed by atoms with Gasteiger partial charge in [0.15, 0.2) is 18.1 Å². The van der Waals surface area contributed by atoms with Crippen LogP contribution in [0, 0.1) is 6.92 Å². The van der Waals surface area contributed by atoms with Gasteiger partial charge in [0.2, 0.25) is 10.0 Å². The lowest BCUT2D eigenvalue weighted by Gasteiger charge is -2.16. The van der Waals surface area contributed by atoms with Crippen LogP contribution in [0.1, 0.15) is 36.5 Å². The Morgan fingerprint density at radius 3 is 2.30 bits per heavy atom. The smallest absolute Gasteiger partial charge is 0.262 e. The van der Waals surface area contributed by atoms with Gasteiger partial charge in [0.1, 0.15) is 5.75 Å². The minimum Gasteiger partial charge on any atom is -0.493 e. The highest BCUT2D eigenvalue weighted by Crippen LogP contribution is 2.28. The number of sulfonamides is 1. The van der Waals surface area contributed by atoms with Crippen LogP contribution in [-0.2, 0) is 21.2 Å². The van der Waals surface area contributed by atoms with Gasteiger partial charge in [-0.2, -0.15) is 0 Å². The number of rotatable bonds is 12. The van der Waals surface area contributed by atoms with Crippen LogP contribution in [0.25, 0.3) is 0 Å². The third-order valence-electron chi connectivity index (χ3n) is 5.85. The number of carbonyl (C=O) groups is 1. The second-order valence-corrected chi connectivity index (χ2v) is 10.6. The molecule has 3 rings (SSSR count). The quantitative estimate of drug-likeness (QED) is 0.355. The van der Waals surface area contributed by atoms with Gasteiger partial charge >= 0.3 is 0 Å². The first-order valence-electron chi connectivity index (χ1n) is 12.0. The van der Waals surface area contributed by atoms with Crippen LogP contribution in [0.4, 0.5) is 5.69 Å². The second kappa shape index (κ2) is 12.6. The Balaban J connectivity index is 1.54. The molecule has 0 spiro atoms. The van der Waals surface area contributed by atoms with E-state index in [0.717, 1.165) is 22.4 Å². The van der Waals surface area contributed by atoms with Crippen molar-refractivity contribution in [1.82, 2.24) is 4.72 Å². The zero-order valence-electron chi connectivity index (χ0n) is 21.8. The number of amides is 1. The molecule has 2 N–H and O–H groups in total. The Bertz CT molecular complexity index is 1320. The molecule has 1 amide bonds. The first kappa shape index (κ1) is 28.0. The van der Waals surface area contributed by atoms with Crippen molar-refractivity contribution < 1.29 is 27.4 Å². The van der Waals surface area contributed by atoms with Crippen LogP contribution in [0.3, 0.4) is 0 Å². The summed E-state index contributed by atoms with van der Waals surface area (Å²) in [5, 5.41) is 2.93. The molecule has 0 saturated heterocycles. The lowest BCUT2D eigenvalue weighted by Crippen LogP contribution is -2.26. The molecule has 0 bridgehead atoms. The van der Waals surface area contributed by atoms with Crippen molar-refractivity contribution in [3.63, 3.8) is 0 Å². The molecule has 0 radical (unpaired) electrons. The van der Waals surface area contributed by atoms with Crippen LogP contribution in [0.5, 0.6) is 17.2 Å². The highest BCUT2D eigenvalue weighted by Gasteiger charge is 2.15. The Labute approximate surface area is 219 Å². The first-order valence-corrected chi connectivity index (χ1v) is 13.5. The lowest BCUT2D eigenvalue weighted by molar-refractivity contribution is -0.118. The summed E-state index contributed by atoms with van der Waals surface area (Å²) in [5.41, 5.74) is 3.74. The van der Waals surface area contributed by atoms with Crippen molar-refractivity contribution in [3.05, 3.63) is 77.4 Å². The van der Waals surface area contributed by atoms with E-state index in [1.807, 2.05) is 37.3 Å². The third-order valence-corrected chi connectivity index (χ3v) is 7.33. The molecule has 37 heavy (non-hydrogen) atoms. The summed E-state index contributed by atoms with van der Waals surface area (Å²) < 4.78 is 44.1. The normalized spacial score (nSPS) is 11.3. The van der Waals surface area contributed by atoms with E-state index in [2.05, 4.69) is 23.9 Å². The number of anilines is 1. The van der Waals surface area contributed by atoms with Crippen LogP contribution >= 0.6 is 0 Å². The minimum absolute atomic E-state index is 0.109. The summed E-state index contributed by atoms with van der Waals surface area (Å²) in [6, 6.07) is 17.3. The molecule has 198 valence electrons. The second-order valence-electron chi connectivity index (χ2n) is 8.84. The largest absolute Gasteiger partial charge is 0.493 e. The molecule has 0 aliphatic carbocycles. The number of ether oxygens (including phenoxy) is 3. The van der Waals surface area contributed by atoms with E-state index in [-0.39, 0.29) is 29.9 Å². The Morgan fingerprint density at radius 1 is 0.946 bits per heavy atom. The van der Waals surface area contributed by atoms with Crippen molar-refractivity contribution in [2.24, 2.45) is 0 Å². The van der Waals surface area contributed by atoms with Gasteiger partial charge in [-0.3, -0.25) is 4.79 Å². The minimum atomic E-state index is -3.71. The molecule has 0 fully saturated rings. The fourth-order valence-electron chi connectivity index (χ4n) is 3.83. The summed E-state index contributed by atoms with van der Waals surface area (Å²) in [6.07, 6.45) is 0.481. The maximum absolute atomic E-state index is 12.7. The van der Waals surface area contributed by atoms with Gasteiger partial charge in [0.25, 0.3) is 5.91 Å². The van der Waals surface area contributed by atoms with Gasteiger partial charge in [0.05, 0.1) is 19.1 Å². The molecule has 0 aliphatic heterocycles. The lowest BCUT2D eigenvalue weighted by atomic mass is 9.98. The van der Waals surface area contributed by atoms with E-state index in [4.69, 9.17) is 14.2 Å². The van der Waals surface area contributed by atoms with Crippen LogP contribution in [0.15, 0.2) is 65.6 Å². The van der Waals surface area contributed by atoms with Gasteiger partial charge in [-0.05, 0) is 72.4 Å². The van der Waals surface area contributed by atoms with E-state index in [1.54, 1.807) is 20.3 Å². The Kier molecular flexibility index (Phi) is 9.54. The molecular formula is C28H34N2O6S. The first-order chi connectivity index (χ1) is 17.6. The van der Waals surface area contributed by atoms with Crippen molar-refractivity contribution in [2.45, 2.75) is 38.0 Å². The van der Waals surface area contributed by atoms with E-state index < -0.39 is 10.0 Å². The fraction of sp³-hybridized carbons (Fsp3) is 0.321. The number of hydrogen-bond acceptors (Lipinski definition) is 6. The molecule has 0 saturated carbocycles. The summed E-state index contributed by atoms with van der Waals surface area (Å²) in [4.78, 5) is 12.6. The fourth-order valence-corrected chi connectivity index (χ4v) is 4.86. The number of carbonyl (C=O) groups excluding carboxylic acids is 1. The predicted octanol–water partition coefficient (Wildman–Crippen LogP) is 4.67. The predicted molar refractivity (Wildman–Crippen MR) is 144 cm³/mol. The number of aryl methyl sites for hydroxylation is 1. The standard InChI is InChI=1S/C28H34N2O6S/c1-19(2)24-8-6-7-20(3)28(24)30-27(31)18-36-22-10-12-23(13-11-22)37(32,33)29-16-15-21-9-14-25(34-4)26(17-21)35-5/h6-14,17,19,29H,15-16,18H2,1-5H3,(H,30,31). The van der Waals surface area contributed by atoms with Crippen molar-refractivity contribution >= 4 is 21.6 Å². The summed E-state index contributed by atoms with van der Waals surface area (Å²) in [7, 11) is -0.593. The van der Waals surface area contributed by atoms with Crippen LogP contribution in [0.2, 0.25) is 0 Å². The Morgan fingerprint density at radius 2 is 1.65 bits per heavy atom. The molecule has 9 heteroatoms. The van der Waals surface area contributed by atoms with Crippen molar-refractivity contribution in [2.75, 3.05) is 32.7 Å². The average molecular weight is 527 g/mol.